The van der Waals surface area contributed by atoms with Gasteiger partial charge in [0.25, 0.3) is 0 Å². The van der Waals surface area contributed by atoms with Crippen LogP contribution in [0.15, 0.2) is 12.4 Å². The van der Waals surface area contributed by atoms with Crippen LogP contribution in [-0.4, -0.2) is 16.1 Å². The maximum atomic E-state index is 12.5. The minimum absolute atomic E-state index is 0.287. The highest BCUT2D eigenvalue weighted by atomic mass is 16.1. The van der Waals surface area contributed by atoms with Gasteiger partial charge in [-0.05, 0) is 55.8 Å². The summed E-state index contributed by atoms with van der Waals surface area (Å²) in [5.74, 6) is 3.77. The third-order valence-corrected chi connectivity index (χ3v) is 5.55. The van der Waals surface area contributed by atoms with Crippen LogP contribution in [0.25, 0.3) is 0 Å². The van der Waals surface area contributed by atoms with Gasteiger partial charge in [-0.25, -0.2) is 0 Å². The number of carbonyl (C=O) groups excluding carboxylic acids is 1. The van der Waals surface area contributed by atoms with Gasteiger partial charge in [-0.3, -0.25) is 9.89 Å². The third-order valence-electron chi connectivity index (χ3n) is 5.55. The van der Waals surface area contributed by atoms with E-state index < -0.39 is 0 Å². The molecule has 0 radical (unpaired) electrons. The summed E-state index contributed by atoms with van der Waals surface area (Å²) < 4.78 is 0. The van der Waals surface area contributed by atoms with Crippen molar-refractivity contribution in [3.8, 4) is 0 Å². The Hall–Kier alpha value is -1.32. The summed E-state index contributed by atoms with van der Waals surface area (Å²) in [4.78, 5) is 12.5. The van der Waals surface area contributed by atoms with Gasteiger partial charge in [0.15, 0.2) is 0 Å². The second-order valence-corrected chi connectivity index (χ2v) is 6.78. The molecule has 4 bridgehead atoms. The summed E-state index contributed by atoms with van der Waals surface area (Å²) in [6, 6.07) is 0. The van der Waals surface area contributed by atoms with Gasteiger partial charge in [-0.2, -0.15) is 5.10 Å². The molecule has 1 aromatic heterocycles. The standard InChI is InChI=1S/C15H21N3O/c19-15(16-6-11-7-17-18-8-11)14-12-2-9-1-10(4-12)5-13(14)3-9/h7-10,12-14H,1-6H2,(H,16,19)(H,17,18). The van der Waals surface area contributed by atoms with E-state index in [1.165, 1.54) is 32.1 Å². The van der Waals surface area contributed by atoms with E-state index >= 15 is 0 Å². The number of H-pyrrole nitrogens is 1. The molecule has 1 amide bonds. The van der Waals surface area contributed by atoms with Gasteiger partial charge < -0.3 is 5.32 Å². The molecule has 4 nitrogen and oxygen atoms in total. The maximum Gasteiger partial charge on any atom is 0.223 e. The van der Waals surface area contributed by atoms with Crippen LogP contribution in [0, 0.1) is 29.6 Å². The van der Waals surface area contributed by atoms with E-state index in [4.69, 9.17) is 0 Å². The molecular weight excluding hydrogens is 238 g/mol. The highest BCUT2D eigenvalue weighted by Gasteiger charge is 2.50. The summed E-state index contributed by atoms with van der Waals surface area (Å²) in [6.45, 7) is 0.609. The fourth-order valence-electron chi connectivity index (χ4n) is 5.03. The van der Waals surface area contributed by atoms with Crippen molar-refractivity contribution >= 4 is 5.91 Å². The molecule has 4 saturated carbocycles. The van der Waals surface area contributed by atoms with Crippen LogP contribution in [0.2, 0.25) is 0 Å². The first-order valence-corrected chi connectivity index (χ1v) is 7.55. The number of carbonyl (C=O) groups is 1. The Morgan fingerprint density at radius 3 is 2.47 bits per heavy atom. The summed E-state index contributed by atoms with van der Waals surface area (Å²) in [5.41, 5.74) is 1.05. The molecule has 0 atom stereocenters. The first kappa shape index (κ1) is 11.5. The normalized spacial score (nSPS) is 39.5. The fraction of sp³-hybridized carbons (Fsp3) is 0.733. The summed E-state index contributed by atoms with van der Waals surface area (Å²) in [7, 11) is 0. The number of hydrogen-bond acceptors (Lipinski definition) is 2. The van der Waals surface area contributed by atoms with Crippen molar-refractivity contribution in [2.24, 2.45) is 29.6 Å². The molecule has 0 spiro atoms. The number of hydrogen-bond donors (Lipinski definition) is 2. The quantitative estimate of drug-likeness (QED) is 0.873. The van der Waals surface area contributed by atoms with E-state index in [0.717, 1.165) is 17.4 Å². The molecule has 1 aromatic rings. The molecule has 4 aliphatic carbocycles. The topological polar surface area (TPSA) is 57.8 Å². The molecule has 4 fully saturated rings. The molecule has 0 saturated heterocycles. The molecule has 1 heterocycles. The molecule has 4 aliphatic rings. The molecule has 19 heavy (non-hydrogen) atoms. The van der Waals surface area contributed by atoms with Gasteiger partial charge in [-0.15, -0.1) is 0 Å². The first-order chi connectivity index (χ1) is 9.29. The highest BCUT2D eigenvalue weighted by Crippen LogP contribution is 2.56. The van der Waals surface area contributed by atoms with Gasteiger partial charge >= 0.3 is 0 Å². The predicted octanol–water partition coefficient (Wildman–Crippen LogP) is 2.10. The van der Waals surface area contributed by atoms with E-state index in [-0.39, 0.29) is 5.91 Å². The zero-order valence-electron chi connectivity index (χ0n) is 11.1. The Morgan fingerprint density at radius 1 is 1.21 bits per heavy atom. The molecule has 0 unspecified atom stereocenters. The minimum atomic E-state index is 0.287. The van der Waals surface area contributed by atoms with E-state index in [1.807, 2.05) is 6.20 Å². The average molecular weight is 259 g/mol. The highest BCUT2D eigenvalue weighted by molar-refractivity contribution is 5.79. The Balaban J connectivity index is 1.43. The third kappa shape index (κ3) is 1.97. The van der Waals surface area contributed by atoms with Gasteiger partial charge in [0.1, 0.15) is 0 Å². The van der Waals surface area contributed by atoms with E-state index in [2.05, 4.69) is 15.5 Å². The number of aromatic nitrogens is 2. The maximum absolute atomic E-state index is 12.5. The molecule has 2 N–H and O–H groups in total. The Labute approximate surface area is 113 Å². The van der Waals surface area contributed by atoms with Crippen LogP contribution in [0.3, 0.4) is 0 Å². The Bertz CT molecular complexity index is 440. The average Bonchev–Trinajstić information content (AvgIpc) is 2.88. The van der Waals surface area contributed by atoms with Gasteiger partial charge in [0, 0.05) is 24.2 Å². The molecule has 5 rings (SSSR count). The predicted molar refractivity (Wildman–Crippen MR) is 71.0 cm³/mol. The lowest BCUT2D eigenvalue weighted by molar-refractivity contribution is -0.138. The molecule has 0 aromatic carbocycles. The zero-order valence-corrected chi connectivity index (χ0v) is 11.1. The monoisotopic (exact) mass is 259 g/mol. The van der Waals surface area contributed by atoms with Crippen LogP contribution < -0.4 is 5.32 Å². The van der Waals surface area contributed by atoms with Gasteiger partial charge in [-0.1, -0.05) is 0 Å². The second kappa shape index (κ2) is 4.36. The van der Waals surface area contributed by atoms with Crippen LogP contribution in [0.4, 0.5) is 0 Å². The lowest BCUT2D eigenvalue weighted by atomic mass is 9.51. The second-order valence-electron chi connectivity index (χ2n) is 6.78. The Kier molecular flexibility index (Phi) is 2.64. The molecular formula is C15H21N3O. The van der Waals surface area contributed by atoms with Crippen molar-refractivity contribution in [1.82, 2.24) is 15.5 Å². The van der Waals surface area contributed by atoms with Crippen LogP contribution in [-0.2, 0) is 11.3 Å². The number of aromatic amines is 1. The molecule has 102 valence electrons. The fourth-order valence-corrected chi connectivity index (χ4v) is 5.03. The van der Waals surface area contributed by atoms with Crippen molar-refractivity contribution in [1.29, 1.82) is 0 Å². The van der Waals surface area contributed by atoms with E-state index in [1.54, 1.807) is 6.20 Å². The van der Waals surface area contributed by atoms with Crippen molar-refractivity contribution in [2.45, 2.75) is 38.6 Å². The molecule has 0 aliphatic heterocycles. The SMILES string of the molecule is O=C(NCc1cn[nH]c1)C1C2CC3CC(C2)CC1C3. The minimum Gasteiger partial charge on any atom is -0.352 e. The van der Waals surface area contributed by atoms with Crippen molar-refractivity contribution in [3.05, 3.63) is 18.0 Å². The first-order valence-electron chi connectivity index (χ1n) is 7.55. The van der Waals surface area contributed by atoms with Crippen LogP contribution in [0.1, 0.15) is 37.7 Å². The Morgan fingerprint density at radius 2 is 1.89 bits per heavy atom. The van der Waals surface area contributed by atoms with Crippen molar-refractivity contribution in [3.63, 3.8) is 0 Å². The zero-order chi connectivity index (χ0) is 12.8. The number of amides is 1. The van der Waals surface area contributed by atoms with Crippen molar-refractivity contribution < 1.29 is 4.79 Å². The number of nitrogens with one attached hydrogen (secondary N) is 2. The lowest BCUT2D eigenvalue weighted by Crippen LogP contribution is -2.50. The van der Waals surface area contributed by atoms with Crippen molar-refractivity contribution in [2.75, 3.05) is 0 Å². The summed E-state index contributed by atoms with van der Waals surface area (Å²) in [6.07, 6.45) is 10.3. The smallest absolute Gasteiger partial charge is 0.223 e. The number of rotatable bonds is 3. The van der Waals surface area contributed by atoms with Gasteiger partial charge in [0.2, 0.25) is 5.91 Å². The lowest BCUT2D eigenvalue weighted by Gasteiger charge is -2.53. The summed E-state index contributed by atoms with van der Waals surface area (Å²) >= 11 is 0. The van der Waals surface area contributed by atoms with E-state index in [0.29, 0.717) is 24.3 Å². The van der Waals surface area contributed by atoms with E-state index in [9.17, 15) is 4.79 Å². The van der Waals surface area contributed by atoms with Crippen LogP contribution >= 0.6 is 0 Å². The van der Waals surface area contributed by atoms with Gasteiger partial charge in [0.05, 0.1) is 6.20 Å². The summed E-state index contributed by atoms with van der Waals surface area (Å²) in [5, 5.41) is 9.81. The number of nitrogens with zero attached hydrogens (tertiary/aromatic N) is 1. The molecule has 4 heteroatoms. The van der Waals surface area contributed by atoms with Crippen LogP contribution in [0.5, 0.6) is 0 Å². The largest absolute Gasteiger partial charge is 0.352 e.